The fourth-order valence-electron chi connectivity index (χ4n) is 2.32. The molecule has 3 rings (SSSR count). The molecule has 0 radical (unpaired) electrons. The Labute approximate surface area is 110 Å². The van der Waals surface area contributed by atoms with Crippen LogP contribution in [0.15, 0.2) is 66.7 Å². The highest BCUT2D eigenvalue weighted by Crippen LogP contribution is 2.34. The van der Waals surface area contributed by atoms with Crippen molar-refractivity contribution in [3.63, 3.8) is 0 Å². The van der Waals surface area contributed by atoms with Gasteiger partial charge in [-0.05, 0) is 22.4 Å². The smallest absolute Gasteiger partial charge is 0.258 e. The van der Waals surface area contributed by atoms with Crippen LogP contribution in [0.2, 0.25) is 0 Å². The number of hydrogen-bond donors (Lipinski definition) is 0. The summed E-state index contributed by atoms with van der Waals surface area (Å²) < 4.78 is 0. The maximum absolute atomic E-state index is 11.1. The van der Waals surface area contributed by atoms with Crippen LogP contribution >= 0.6 is 0 Å². The first-order valence-corrected chi connectivity index (χ1v) is 5.99. The number of rotatable bonds is 2. The molecule has 0 heterocycles. The van der Waals surface area contributed by atoms with Crippen molar-refractivity contribution in [2.45, 2.75) is 0 Å². The highest BCUT2D eigenvalue weighted by Gasteiger charge is 2.15. The van der Waals surface area contributed by atoms with Gasteiger partial charge >= 0.3 is 0 Å². The zero-order valence-electron chi connectivity index (χ0n) is 10.1. The van der Waals surface area contributed by atoms with Gasteiger partial charge in [0.15, 0.2) is 0 Å². The normalized spacial score (nSPS) is 10.5. The summed E-state index contributed by atoms with van der Waals surface area (Å²) in [5.41, 5.74) is 1.69. The topological polar surface area (TPSA) is 43.1 Å². The van der Waals surface area contributed by atoms with Crippen molar-refractivity contribution in [2.24, 2.45) is 0 Å². The molecule has 0 fully saturated rings. The first-order chi connectivity index (χ1) is 9.27. The van der Waals surface area contributed by atoms with Gasteiger partial charge in [0.2, 0.25) is 0 Å². The van der Waals surface area contributed by atoms with E-state index in [2.05, 4.69) is 0 Å². The van der Waals surface area contributed by atoms with E-state index in [1.54, 1.807) is 12.1 Å². The van der Waals surface area contributed by atoms with E-state index in [1.165, 1.54) is 6.07 Å². The van der Waals surface area contributed by atoms with Gasteiger partial charge in [0, 0.05) is 6.07 Å². The van der Waals surface area contributed by atoms with Gasteiger partial charge in [0.05, 0.1) is 10.5 Å². The zero-order chi connectivity index (χ0) is 13.2. The lowest BCUT2D eigenvalue weighted by atomic mass is 9.97. The van der Waals surface area contributed by atoms with Gasteiger partial charge in [-0.3, -0.25) is 10.1 Å². The van der Waals surface area contributed by atoms with Crippen LogP contribution in [-0.4, -0.2) is 4.92 Å². The summed E-state index contributed by atoms with van der Waals surface area (Å²) in [5, 5.41) is 13.2. The second kappa shape index (κ2) is 4.53. The third-order valence-electron chi connectivity index (χ3n) is 3.18. The van der Waals surface area contributed by atoms with E-state index in [-0.39, 0.29) is 10.6 Å². The van der Waals surface area contributed by atoms with E-state index >= 15 is 0 Å². The van der Waals surface area contributed by atoms with Crippen molar-refractivity contribution < 1.29 is 4.92 Å². The Morgan fingerprint density at radius 2 is 1.37 bits per heavy atom. The summed E-state index contributed by atoms with van der Waals surface area (Å²) in [6.07, 6.45) is 0. The van der Waals surface area contributed by atoms with E-state index in [0.29, 0.717) is 5.56 Å². The van der Waals surface area contributed by atoms with E-state index in [4.69, 9.17) is 0 Å². The monoisotopic (exact) mass is 249 g/mol. The van der Waals surface area contributed by atoms with E-state index in [0.717, 1.165) is 16.3 Å². The molecule has 0 saturated heterocycles. The molecule has 0 atom stereocenters. The average molecular weight is 249 g/mol. The maximum Gasteiger partial charge on any atom is 0.277 e. The molecular formula is C16H11NO2. The zero-order valence-corrected chi connectivity index (χ0v) is 10.1. The van der Waals surface area contributed by atoms with Crippen LogP contribution in [0.4, 0.5) is 5.69 Å². The molecule has 0 unspecified atom stereocenters. The molecule has 0 aliphatic rings. The minimum Gasteiger partial charge on any atom is -0.258 e. The van der Waals surface area contributed by atoms with Gasteiger partial charge in [-0.2, -0.15) is 0 Å². The van der Waals surface area contributed by atoms with E-state index in [9.17, 15) is 10.1 Å². The van der Waals surface area contributed by atoms with Crippen LogP contribution in [0, 0.1) is 10.1 Å². The average Bonchev–Trinajstić information content (AvgIpc) is 2.46. The van der Waals surface area contributed by atoms with Crippen LogP contribution in [0.25, 0.3) is 21.9 Å². The fraction of sp³-hybridized carbons (Fsp3) is 0. The van der Waals surface area contributed by atoms with Crippen molar-refractivity contribution in [1.82, 2.24) is 0 Å². The predicted molar refractivity (Wildman–Crippen MR) is 76.0 cm³/mol. The third kappa shape index (κ3) is 1.95. The molecule has 0 saturated carbocycles. The first-order valence-electron chi connectivity index (χ1n) is 5.99. The summed E-state index contributed by atoms with van der Waals surface area (Å²) in [4.78, 5) is 10.8. The van der Waals surface area contributed by atoms with Crippen LogP contribution in [0.5, 0.6) is 0 Å². The molecule has 19 heavy (non-hydrogen) atoms. The van der Waals surface area contributed by atoms with Crippen molar-refractivity contribution in [2.75, 3.05) is 0 Å². The minimum atomic E-state index is -0.336. The van der Waals surface area contributed by atoms with Gasteiger partial charge in [0.1, 0.15) is 0 Å². The summed E-state index contributed by atoms with van der Waals surface area (Å²) in [5.74, 6) is 0. The van der Waals surface area contributed by atoms with Gasteiger partial charge < -0.3 is 0 Å². The molecule has 0 aliphatic carbocycles. The van der Waals surface area contributed by atoms with Gasteiger partial charge in [-0.15, -0.1) is 0 Å². The Kier molecular flexibility index (Phi) is 2.72. The SMILES string of the molecule is O=[N+]([O-])c1ccccc1-c1cccc2ccccc12. The molecule has 3 aromatic carbocycles. The highest BCUT2D eigenvalue weighted by molar-refractivity contribution is 5.98. The van der Waals surface area contributed by atoms with Crippen molar-refractivity contribution >= 4 is 16.5 Å². The lowest BCUT2D eigenvalue weighted by Gasteiger charge is -2.07. The Morgan fingerprint density at radius 3 is 2.21 bits per heavy atom. The Balaban J connectivity index is 2.34. The fourth-order valence-corrected chi connectivity index (χ4v) is 2.32. The van der Waals surface area contributed by atoms with Crippen molar-refractivity contribution in [1.29, 1.82) is 0 Å². The van der Waals surface area contributed by atoms with Crippen molar-refractivity contribution in [3.05, 3.63) is 76.8 Å². The van der Waals surface area contributed by atoms with Crippen LogP contribution < -0.4 is 0 Å². The Morgan fingerprint density at radius 1 is 0.737 bits per heavy atom. The summed E-state index contributed by atoms with van der Waals surface area (Å²) in [7, 11) is 0. The molecule has 0 aliphatic heterocycles. The van der Waals surface area contributed by atoms with Gasteiger partial charge in [-0.1, -0.05) is 54.6 Å². The number of fused-ring (bicyclic) bond motifs is 1. The second-order valence-electron chi connectivity index (χ2n) is 4.30. The minimum absolute atomic E-state index is 0.138. The highest BCUT2D eigenvalue weighted by atomic mass is 16.6. The molecule has 0 N–H and O–H groups in total. The largest absolute Gasteiger partial charge is 0.277 e. The number of nitro benzene ring substituents is 1. The van der Waals surface area contributed by atoms with Crippen molar-refractivity contribution in [3.8, 4) is 11.1 Å². The number of hydrogen-bond acceptors (Lipinski definition) is 2. The molecule has 0 amide bonds. The summed E-state index contributed by atoms with van der Waals surface area (Å²) in [6, 6.07) is 20.6. The molecule has 0 bridgehead atoms. The molecule has 3 aromatic rings. The Bertz CT molecular complexity index is 760. The van der Waals surface area contributed by atoms with Gasteiger partial charge in [0.25, 0.3) is 5.69 Å². The number of nitrogens with zero attached hydrogens (tertiary/aromatic N) is 1. The van der Waals surface area contributed by atoms with Gasteiger partial charge in [-0.25, -0.2) is 0 Å². The maximum atomic E-state index is 11.1. The van der Waals surface area contributed by atoms with Crippen LogP contribution in [0.1, 0.15) is 0 Å². The first kappa shape index (κ1) is 11.4. The molecule has 0 aromatic heterocycles. The van der Waals surface area contributed by atoms with E-state index < -0.39 is 0 Å². The molecular weight excluding hydrogens is 238 g/mol. The standard InChI is InChI=1S/C16H11NO2/c18-17(19)16-11-4-3-9-15(16)14-10-5-7-12-6-1-2-8-13(12)14/h1-11H. The molecule has 3 heteroatoms. The summed E-state index contributed by atoms with van der Waals surface area (Å²) >= 11 is 0. The number of nitro groups is 1. The lowest BCUT2D eigenvalue weighted by Crippen LogP contribution is -1.92. The molecule has 0 spiro atoms. The quantitative estimate of drug-likeness (QED) is 0.498. The summed E-state index contributed by atoms with van der Waals surface area (Å²) in [6.45, 7) is 0. The number of para-hydroxylation sites is 1. The van der Waals surface area contributed by atoms with Crippen LogP contribution in [0.3, 0.4) is 0 Å². The predicted octanol–water partition coefficient (Wildman–Crippen LogP) is 4.42. The lowest BCUT2D eigenvalue weighted by molar-refractivity contribution is -0.384. The third-order valence-corrected chi connectivity index (χ3v) is 3.18. The van der Waals surface area contributed by atoms with E-state index in [1.807, 2.05) is 48.5 Å². The molecule has 3 nitrogen and oxygen atoms in total. The second-order valence-corrected chi connectivity index (χ2v) is 4.30. The Hall–Kier alpha value is -2.68. The number of benzene rings is 3. The molecule has 92 valence electrons. The van der Waals surface area contributed by atoms with Crippen LogP contribution in [-0.2, 0) is 0 Å².